The lowest BCUT2D eigenvalue weighted by Crippen LogP contribution is -2.57. The average molecular weight is 614 g/mol. The minimum absolute atomic E-state index is 0.00233. The first-order valence-corrected chi connectivity index (χ1v) is 15.9. The van der Waals surface area contributed by atoms with Crippen molar-refractivity contribution in [3.63, 3.8) is 0 Å². The van der Waals surface area contributed by atoms with Crippen LogP contribution in [0, 0.1) is 0 Å². The summed E-state index contributed by atoms with van der Waals surface area (Å²) in [6.07, 6.45) is 1.38. The number of aliphatic hydroxyl groups excluding tert-OH is 1. The first kappa shape index (κ1) is 31.0. The molecule has 0 unspecified atom stereocenters. The molecule has 0 saturated carbocycles. The molecule has 3 saturated heterocycles. The van der Waals surface area contributed by atoms with Gasteiger partial charge in [-0.1, -0.05) is 66.7 Å². The van der Waals surface area contributed by atoms with Crippen LogP contribution < -0.4 is 20.9 Å². The summed E-state index contributed by atoms with van der Waals surface area (Å²) in [5.74, 6) is 0.115. The maximum atomic E-state index is 13.2. The first-order chi connectivity index (χ1) is 22.0. The van der Waals surface area contributed by atoms with Crippen molar-refractivity contribution < 1.29 is 24.2 Å². The number of hydrogen-bond donors (Lipinski definition) is 4. The van der Waals surface area contributed by atoms with E-state index in [1.807, 2.05) is 73.7 Å². The molecule has 10 heteroatoms. The molecule has 6 rings (SSSR count). The number of carbonyl (C=O) groups excluding carboxylic acids is 2. The summed E-state index contributed by atoms with van der Waals surface area (Å²) in [7, 11) is 0. The Balaban J connectivity index is 1.14. The van der Waals surface area contributed by atoms with Crippen LogP contribution in [0.15, 0.2) is 78.9 Å². The number of anilines is 1. The van der Waals surface area contributed by atoms with Crippen molar-refractivity contribution in [1.29, 1.82) is 0 Å². The van der Waals surface area contributed by atoms with E-state index in [2.05, 4.69) is 37.9 Å². The number of urea groups is 1. The van der Waals surface area contributed by atoms with Gasteiger partial charge in [0.15, 0.2) is 6.29 Å². The predicted octanol–water partition coefficient (Wildman–Crippen LogP) is 3.97. The zero-order valence-corrected chi connectivity index (χ0v) is 25.8. The van der Waals surface area contributed by atoms with E-state index in [-0.39, 0.29) is 30.8 Å². The second kappa shape index (κ2) is 14.0. The van der Waals surface area contributed by atoms with Crippen LogP contribution in [0.5, 0.6) is 0 Å². The zero-order chi connectivity index (χ0) is 31.2. The highest BCUT2D eigenvalue weighted by Crippen LogP contribution is 2.40. The maximum Gasteiger partial charge on any atom is 0.315 e. The summed E-state index contributed by atoms with van der Waals surface area (Å²) in [6, 6.07) is 25.9. The Morgan fingerprint density at radius 1 is 0.933 bits per heavy atom. The van der Waals surface area contributed by atoms with E-state index in [0.717, 1.165) is 60.4 Å². The van der Waals surface area contributed by atoms with Gasteiger partial charge in [0.05, 0.1) is 25.5 Å². The number of carbonyl (C=O) groups is 2. The van der Waals surface area contributed by atoms with Crippen LogP contribution in [-0.4, -0.2) is 66.4 Å². The summed E-state index contributed by atoms with van der Waals surface area (Å²) in [5, 5.41) is 18.2. The van der Waals surface area contributed by atoms with Crippen molar-refractivity contribution in [2.75, 3.05) is 37.7 Å². The standard InChI is InChI=1S/C35H43N5O5/c1-2-36-34(43)37-21-25-8-14-28(15-9-25)32-44-30(20-31(45-32)27-12-10-26(23-41)11-13-27)22-39-18-16-35(17-19-39)33(42)38-24-40(35)29-6-4-3-5-7-29/h3-15,30-32,41H,2,16-24H2,1H3,(H,38,42)(H2,36,37,43)/t30-,31+,32+/m0/s1. The number of para-hydroxylation sites is 1. The number of aliphatic hydroxyl groups is 1. The predicted molar refractivity (Wildman–Crippen MR) is 171 cm³/mol. The molecule has 0 radical (unpaired) electrons. The highest BCUT2D eigenvalue weighted by molar-refractivity contribution is 5.93. The fourth-order valence-corrected chi connectivity index (χ4v) is 6.66. The molecule has 4 N–H and O–H groups in total. The van der Waals surface area contributed by atoms with Gasteiger partial charge in [-0.3, -0.25) is 4.79 Å². The molecule has 3 aliphatic heterocycles. The topological polar surface area (TPSA) is 115 Å². The van der Waals surface area contributed by atoms with Crippen LogP contribution in [0.25, 0.3) is 0 Å². The van der Waals surface area contributed by atoms with E-state index in [1.165, 1.54) is 0 Å². The van der Waals surface area contributed by atoms with E-state index in [0.29, 0.717) is 26.2 Å². The van der Waals surface area contributed by atoms with Crippen LogP contribution in [0.1, 0.15) is 60.8 Å². The molecule has 0 aromatic heterocycles. The van der Waals surface area contributed by atoms with E-state index in [9.17, 15) is 14.7 Å². The third-order valence-electron chi connectivity index (χ3n) is 9.21. The lowest BCUT2D eigenvalue weighted by molar-refractivity contribution is -0.253. The minimum atomic E-state index is -0.554. The second-order valence-corrected chi connectivity index (χ2v) is 12.1. The van der Waals surface area contributed by atoms with Crippen molar-refractivity contribution in [1.82, 2.24) is 20.9 Å². The summed E-state index contributed by atoms with van der Waals surface area (Å²) in [4.78, 5) is 29.6. The molecule has 3 aromatic carbocycles. The Morgan fingerprint density at radius 3 is 2.31 bits per heavy atom. The van der Waals surface area contributed by atoms with Crippen LogP contribution >= 0.6 is 0 Å². The minimum Gasteiger partial charge on any atom is -0.392 e. The summed E-state index contributed by atoms with van der Waals surface area (Å²) < 4.78 is 13.1. The summed E-state index contributed by atoms with van der Waals surface area (Å²) >= 11 is 0. The Bertz CT molecular complexity index is 1430. The quantitative estimate of drug-likeness (QED) is 0.289. The van der Waals surface area contributed by atoms with Gasteiger partial charge in [0.2, 0.25) is 5.91 Å². The van der Waals surface area contributed by atoms with Crippen LogP contribution in [0.4, 0.5) is 10.5 Å². The molecule has 10 nitrogen and oxygen atoms in total. The number of ether oxygens (including phenoxy) is 2. The van der Waals surface area contributed by atoms with E-state index in [4.69, 9.17) is 9.47 Å². The number of nitrogens with zero attached hydrogens (tertiary/aromatic N) is 2. The van der Waals surface area contributed by atoms with Gasteiger partial charge < -0.3 is 40.3 Å². The number of piperidine rings is 1. The second-order valence-electron chi connectivity index (χ2n) is 12.1. The van der Waals surface area contributed by atoms with Crippen molar-refractivity contribution in [3.8, 4) is 0 Å². The molecule has 3 amide bonds. The number of likely N-dealkylation sites (tertiary alicyclic amines) is 1. The number of hydrogen-bond acceptors (Lipinski definition) is 7. The van der Waals surface area contributed by atoms with Gasteiger partial charge >= 0.3 is 6.03 Å². The smallest absolute Gasteiger partial charge is 0.315 e. The van der Waals surface area contributed by atoms with Crippen molar-refractivity contribution in [3.05, 3.63) is 101 Å². The molecule has 3 atom stereocenters. The van der Waals surface area contributed by atoms with Crippen LogP contribution in [0.2, 0.25) is 0 Å². The number of rotatable bonds is 9. The molecule has 238 valence electrons. The normalized spacial score (nSPS) is 23.1. The van der Waals surface area contributed by atoms with E-state index in [1.54, 1.807) is 0 Å². The van der Waals surface area contributed by atoms with E-state index >= 15 is 0 Å². The Hall–Kier alpha value is -3.96. The fourth-order valence-electron chi connectivity index (χ4n) is 6.66. The molecule has 1 spiro atoms. The molecular weight excluding hydrogens is 570 g/mol. The molecule has 3 fully saturated rings. The van der Waals surface area contributed by atoms with Crippen LogP contribution in [-0.2, 0) is 27.4 Å². The highest BCUT2D eigenvalue weighted by atomic mass is 16.7. The lowest BCUT2D eigenvalue weighted by atomic mass is 9.85. The van der Waals surface area contributed by atoms with Gasteiger partial charge in [0.25, 0.3) is 0 Å². The largest absolute Gasteiger partial charge is 0.392 e. The molecular formula is C35H43N5O5. The third-order valence-corrected chi connectivity index (χ3v) is 9.21. The molecule has 3 heterocycles. The fraction of sp³-hybridized carbons (Fsp3) is 0.429. The Morgan fingerprint density at radius 2 is 1.62 bits per heavy atom. The molecule has 0 aliphatic carbocycles. The Kier molecular flexibility index (Phi) is 9.65. The highest BCUT2D eigenvalue weighted by Gasteiger charge is 2.50. The van der Waals surface area contributed by atoms with Gasteiger partial charge in [0.1, 0.15) is 5.54 Å². The van der Waals surface area contributed by atoms with Gasteiger partial charge in [-0.05, 0) is 48.6 Å². The maximum absolute atomic E-state index is 13.2. The monoisotopic (exact) mass is 613 g/mol. The van der Waals surface area contributed by atoms with Crippen molar-refractivity contribution in [2.24, 2.45) is 0 Å². The zero-order valence-electron chi connectivity index (χ0n) is 25.8. The Labute approximate surface area is 264 Å². The summed E-state index contributed by atoms with van der Waals surface area (Å²) in [6.45, 7) is 5.75. The lowest BCUT2D eigenvalue weighted by Gasteiger charge is -2.45. The van der Waals surface area contributed by atoms with Gasteiger partial charge in [-0.15, -0.1) is 0 Å². The van der Waals surface area contributed by atoms with Crippen molar-refractivity contribution in [2.45, 2.75) is 63.4 Å². The third kappa shape index (κ3) is 6.99. The molecule has 45 heavy (non-hydrogen) atoms. The SMILES string of the molecule is CCNC(=O)NCc1ccc([C@@H]2O[C@H](CN3CCC4(CC3)C(=O)NCN4c3ccccc3)C[C@H](c3ccc(CO)cc3)O2)cc1. The molecule has 0 bridgehead atoms. The van der Waals surface area contributed by atoms with Gasteiger partial charge in [-0.2, -0.15) is 0 Å². The summed E-state index contributed by atoms with van der Waals surface area (Å²) in [5.41, 5.74) is 4.35. The van der Waals surface area contributed by atoms with Crippen LogP contribution in [0.3, 0.4) is 0 Å². The van der Waals surface area contributed by atoms with Crippen molar-refractivity contribution >= 4 is 17.6 Å². The van der Waals surface area contributed by atoms with Gasteiger partial charge in [-0.25, -0.2) is 4.79 Å². The van der Waals surface area contributed by atoms with E-state index < -0.39 is 11.8 Å². The van der Waals surface area contributed by atoms with Gasteiger partial charge in [0, 0.05) is 50.4 Å². The molecule has 3 aromatic rings. The number of benzene rings is 3. The molecule has 3 aliphatic rings. The number of amides is 3. The number of nitrogens with one attached hydrogen (secondary N) is 3. The first-order valence-electron chi connectivity index (χ1n) is 15.9. The average Bonchev–Trinajstić information content (AvgIpc) is 3.40.